The van der Waals surface area contributed by atoms with Crippen molar-refractivity contribution in [3.05, 3.63) is 108 Å². The molecule has 0 heterocycles. The van der Waals surface area contributed by atoms with Gasteiger partial charge in [0.2, 0.25) is 0 Å². The largest absolute Gasteiger partial charge is 0.449 e. The maximum Gasteiger partial charge on any atom is 0.303 e. The molecule has 0 aliphatic carbocycles. The Hall–Kier alpha value is -2.87. The van der Waals surface area contributed by atoms with Gasteiger partial charge in [-0.15, -0.1) is 0 Å². The summed E-state index contributed by atoms with van der Waals surface area (Å²) in [5.74, 6) is -0.277. The molecule has 2 heteroatoms. The van der Waals surface area contributed by atoms with E-state index in [4.69, 9.17) is 4.74 Å². The van der Waals surface area contributed by atoms with E-state index in [0.717, 1.165) is 17.5 Å². The second-order valence-corrected chi connectivity index (χ2v) is 6.14. The number of hydrogen-bond donors (Lipinski definition) is 0. The van der Waals surface area contributed by atoms with Crippen LogP contribution in [0.1, 0.15) is 30.0 Å². The first-order chi connectivity index (χ1) is 12.2. The lowest BCUT2D eigenvalue weighted by atomic mass is 9.81. The SMILES string of the molecule is CC(=O)OC(CCc1ccccc1)(c1ccccc1)c1ccccc1. The average molecular weight is 330 g/mol. The van der Waals surface area contributed by atoms with Gasteiger partial charge in [0.1, 0.15) is 0 Å². The number of rotatable bonds is 6. The van der Waals surface area contributed by atoms with E-state index >= 15 is 0 Å². The van der Waals surface area contributed by atoms with Crippen LogP contribution in [0.2, 0.25) is 0 Å². The molecule has 0 aliphatic rings. The molecule has 25 heavy (non-hydrogen) atoms. The predicted molar refractivity (Wildman–Crippen MR) is 100 cm³/mol. The van der Waals surface area contributed by atoms with E-state index < -0.39 is 5.60 Å². The molecule has 0 saturated heterocycles. The number of carbonyl (C=O) groups excluding carboxylic acids is 1. The van der Waals surface area contributed by atoms with Crippen molar-refractivity contribution in [3.63, 3.8) is 0 Å². The topological polar surface area (TPSA) is 26.3 Å². The zero-order valence-electron chi connectivity index (χ0n) is 14.4. The molecule has 0 aliphatic heterocycles. The summed E-state index contributed by atoms with van der Waals surface area (Å²) in [5.41, 5.74) is 2.43. The van der Waals surface area contributed by atoms with Gasteiger partial charge in [0.05, 0.1) is 0 Å². The average Bonchev–Trinajstić information content (AvgIpc) is 2.67. The van der Waals surface area contributed by atoms with E-state index in [2.05, 4.69) is 12.1 Å². The number of hydrogen-bond acceptors (Lipinski definition) is 2. The molecule has 0 atom stereocenters. The first kappa shape index (κ1) is 17.0. The molecule has 0 bridgehead atoms. The Labute approximate surface area is 149 Å². The van der Waals surface area contributed by atoms with Crippen LogP contribution in [0.25, 0.3) is 0 Å². The lowest BCUT2D eigenvalue weighted by molar-refractivity contribution is -0.154. The summed E-state index contributed by atoms with van der Waals surface area (Å²) in [5, 5.41) is 0. The van der Waals surface area contributed by atoms with Gasteiger partial charge in [0, 0.05) is 18.1 Å². The van der Waals surface area contributed by atoms with Gasteiger partial charge in [-0.3, -0.25) is 4.79 Å². The van der Waals surface area contributed by atoms with Crippen LogP contribution >= 0.6 is 0 Å². The standard InChI is InChI=1S/C23H22O2/c1-19(24)25-23(21-13-7-3-8-14-21,22-15-9-4-10-16-22)18-17-20-11-5-2-6-12-20/h2-16H,17-18H2,1H3. The highest BCUT2D eigenvalue weighted by atomic mass is 16.6. The van der Waals surface area contributed by atoms with Crippen molar-refractivity contribution in [2.45, 2.75) is 25.4 Å². The zero-order chi connectivity index (χ0) is 17.5. The van der Waals surface area contributed by atoms with Crippen molar-refractivity contribution >= 4 is 5.97 Å². The van der Waals surface area contributed by atoms with Gasteiger partial charge in [-0.05, 0) is 18.4 Å². The third-order valence-electron chi connectivity index (χ3n) is 4.41. The summed E-state index contributed by atoms with van der Waals surface area (Å²) >= 11 is 0. The van der Waals surface area contributed by atoms with Gasteiger partial charge >= 0.3 is 5.97 Å². The minimum atomic E-state index is -0.788. The molecule has 2 nitrogen and oxygen atoms in total. The molecular formula is C23H22O2. The number of esters is 1. The van der Waals surface area contributed by atoms with Crippen LogP contribution < -0.4 is 0 Å². The highest BCUT2D eigenvalue weighted by Crippen LogP contribution is 2.38. The van der Waals surface area contributed by atoms with Gasteiger partial charge in [0.25, 0.3) is 0 Å². The van der Waals surface area contributed by atoms with Crippen LogP contribution in [0.15, 0.2) is 91.0 Å². The molecule has 3 aromatic rings. The Morgan fingerprint density at radius 3 is 1.64 bits per heavy atom. The minimum absolute atomic E-state index is 0.277. The Morgan fingerprint density at radius 1 is 0.760 bits per heavy atom. The predicted octanol–water partition coefficient (Wildman–Crippen LogP) is 5.13. The molecule has 0 saturated carbocycles. The van der Waals surface area contributed by atoms with Gasteiger partial charge in [-0.2, -0.15) is 0 Å². The Balaban J connectivity index is 2.06. The van der Waals surface area contributed by atoms with Crippen LogP contribution in [0.3, 0.4) is 0 Å². The fourth-order valence-corrected chi connectivity index (χ4v) is 3.25. The smallest absolute Gasteiger partial charge is 0.303 e. The van der Waals surface area contributed by atoms with E-state index in [9.17, 15) is 4.79 Å². The lowest BCUT2D eigenvalue weighted by Gasteiger charge is -2.34. The van der Waals surface area contributed by atoms with Crippen LogP contribution in [-0.4, -0.2) is 5.97 Å². The van der Waals surface area contributed by atoms with E-state index in [1.165, 1.54) is 12.5 Å². The van der Waals surface area contributed by atoms with Crippen molar-refractivity contribution in [2.75, 3.05) is 0 Å². The molecule has 126 valence electrons. The third kappa shape index (κ3) is 3.97. The second kappa shape index (κ2) is 7.80. The van der Waals surface area contributed by atoms with Crippen molar-refractivity contribution in [2.24, 2.45) is 0 Å². The fraction of sp³-hybridized carbons (Fsp3) is 0.174. The summed E-state index contributed by atoms with van der Waals surface area (Å²) in [4.78, 5) is 12.0. The summed E-state index contributed by atoms with van der Waals surface area (Å²) in [7, 11) is 0. The van der Waals surface area contributed by atoms with E-state index in [0.29, 0.717) is 6.42 Å². The minimum Gasteiger partial charge on any atom is -0.449 e. The van der Waals surface area contributed by atoms with E-state index in [1.807, 2.05) is 78.9 Å². The summed E-state index contributed by atoms with van der Waals surface area (Å²) < 4.78 is 5.99. The molecule has 0 amide bonds. The third-order valence-corrected chi connectivity index (χ3v) is 4.41. The molecule has 0 unspecified atom stereocenters. The maximum absolute atomic E-state index is 12.0. The summed E-state index contributed by atoms with van der Waals surface area (Å²) in [6.07, 6.45) is 1.50. The normalized spacial score (nSPS) is 11.1. The highest BCUT2D eigenvalue weighted by molar-refractivity contribution is 5.67. The zero-order valence-corrected chi connectivity index (χ0v) is 14.4. The molecule has 0 spiro atoms. The van der Waals surface area contributed by atoms with Crippen molar-refractivity contribution in [3.8, 4) is 0 Å². The number of benzene rings is 3. The highest BCUT2D eigenvalue weighted by Gasteiger charge is 2.37. The monoisotopic (exact) mass is 330 g/mol. The van der Waals surface area contributed by atoms with Crippen LogP contribution in [0.4, 0.5) is 0 Å². The maximum atomic E-state index is 12.0. The van der Waals surface area contributed by atoms with Gasteiger partial charge in [0.15, 0.2) is 5.60 Å². The van der Waals surface area contributed by atoms with E-state index in [-0.39, 0.29) is 5.97 Å². The van der Waals surface area contributed by atoms with Gasteiger partial charge in [-0.1, -0.05) is 91.0 Å². The first-order valence-corrected chi connectivity index (χ1v) is 8.55. The second-order valence-electron chi connectivity index (χ2n) is 6.14. The first-order valence-electron chi connectivity index (χ1n) is 8.55. The molecule has 0 N–H and O–H groups in total. The number of aryl methyl sites for hydroxylation is 1. The van der Waals surface area contributed by atoms with Crippen molar-refractivity contribution in [1.82, 2.24) is 0 Å². The lowest BCUT2D eigenvalue weighted by Crippen LogP contribution is -2.34. The number of carbonyl (C=O) groups is 1. The molecule has 3 rings (SSSR count). The number of ether oxygens (including phenoxy) is 1. The molecule has 0 radical (unpaired) electrons. The van der Waals surface area contributed by atoms with Crippen molar-refractivity contribution < 1.29 is 9.53 Å². The summed E-state index contributed by atoms with van der Waals surface area (Å²) in [6.45, 7) is 1.48. The Kier molecular flexibility index (Phi) is 5.30. The van der Waals surface area contributed by atoms with Crippen LogP contribution in [-0.2, 0) is 21.6 Å². The van der Waals surface area contributed by atoms with Gasteiger partial charge < -0.3 is 4.74 Å². The Morgan fingerprint density at radius 2 is 1.20 bits per heavy atom. The quantitative estimate of drug-likeness (QED) is 0.586. The molecule has 3 aromatic carbocycles. The molecule has 0 fully saturated rings. The van der Waals surface area contributed by atoms with Crippen LogP contribution in [0, 0.1) is 0 Å². The van der Waals surface area contributed by atoms with Gasteiger partial charge in [-0.25, -0.2) is 0 Å². The summed E-state index contributed by atoms with van der Waals surface area (Å²) in [6, 6.07) is 30.3. The fourth-order valence-electron chi connectivity index (χ4n) is 3.25. The van der Waals surface area contributed by atoms with Crippen molar-refractivity contribution in [1.29, 1.82) is 0 Å². The Bertz CT molecular complexity index is 756. The molecular weight excluding hydrogens is 308 g/mol. The van der Waals surface area contributed by atoms with E-state index in [1.54, 1.807) is 0 Å². The molecule has 0 aromatic heterocycles. The van der Waals surface area contributed by atoms with Crippen LogP contribution in [0.5, 0.6) is 0 Å².